The molecule has 6 rings (SSSR count). The van der Waals surface area contributed by atoms with Crippen molar-refractivity contribution in [3.05, 3.63) is 93.4 Å². The Balaban J connectivity index is 0.000000233. The molecule has 1 N–H and O–H groups in total. The third-order valence-electron chi connectivity index (χ3n) is 8.46. The number of ketones is 1. The standard InChI is InChI=1S/C20H26N2O3.C14H14O2.2CO2/c1-12-7-8-13-10-15-16(11-21(5)6)18(23)22(17(15)14(13)9-12)19(24)25-20(2,3)4;1-8-2-3-9-5-11-12(10(9)4-8)6-14(16)13(11)7-15;2*2-1-3/h7-9,11,15,17H,10H2,1-6H3;2-4,7,11-12,15H,5-6H2,1H3;;/b16-11+;13-7+;;. The fourth-order valence-corrected chi connectivity index (χ4v) is 6.81. The average molecular weight is 645 g/mol. The number of benzene rings is 2. The largest absolute Gasteiger partial charge is 0.515 e. The number of hydrogen-bond donors (Lipinski definition) is 1. The fraction of sp³-hybridized carbons (Fsp3) is 0.417. The van der Waals surface area contributed by atoms with Crippen molar-refractivity contribution >= 4 is 30.1 Å². The van der Waals surface area contributed by atoms with Gasteiger partial charge in [-0.2, -0.15) is 19.2 Å². The Morgan fingerprint density at radius 3 is 1.87 bits per heavy atom. The zero-order chi connectivity index (χ0) is 35.2. The van der Waals surface area contributed by atoms with Gasteiger partial charge in [0.05, 0.1) is 12.3 Å². The van der Waals surface area contributed by atoms with Crippen molar-refractivity contribution in [1.82, 2.24) is 9.80 Å². The number of carbonyl (C=O) groups is 3. The Morgan fingerprint density at radius 1 is 0.851 bits per heavy atom. The van der Waals surface area contributed by atoms with E-state index in [1.165, 1.54) is 27.2 Å². The molecule has 2 aromatic rings. The summed E-state index contributed by atoms with van der Waals surface area (Å²) < 4.78 is 5.52. The van der Waals surface area contributed by atoms with E-state index in [2.05, 4.69) is 43.3 Å². The van der Waals surface area contributed by atoms with Gasteiger partial charge in [0.25, 0.3) is 5.91 Å². The van der Waals surface area contributed by atoms with Crippen molar-refractivity contribution in [2.24, 2.45) is 11.8 Å². The Kier molecular flexibility index (Phi) is 11.6. The minimum Gasteiger partial charge on any atom is -0.515 e. The summed E-state index contributed by atoms with van der Waals surface area (Å²) in [7, 11) is 3.77. The molecule has 3 aliphatic carbocycles. The third kappa shape index (κ3) is 8.01. The van der Waals surface area contributed by atoms with Gasteiger partial charge in [0.2, 0.25) is 0 Å². The van der Waals surface area contributed by atoms with Crippen LogP contribution in [0.3, 0.4) is 0 Å². The van der Waals surface area contributed by atoms with Gasteiger partial charge in [0, 0.05) is 49.7 Å². The van der Waals surface area contributed by atoms with Crippen LogP contribution in [0.4, 0.5) is 4.79 Å². The van der Waals surface area contributed by atoms with Gasteiger partial charge in [-0.05, 0) is 75.6 Å². The van der Waals surface area contributed by atoms with Crippen molar-refractivity contribution < 1.29 is 43.4 Å². The van der Waals surface area contributed by atoms with Crippen LogP contribution in [0.1, 0.15) is 72.5 Å². The number of aryl methyl sites for hydroxylation is 2. The van der Waals surface area contributed by atoms with Crippen molar-refractivity contribution in [2.45, 2.75) is 71.4 Å². The molecule has 2 aromatic carbocycles. The number of hydrogen-bond acceptors (Lipinski definition) is 10. The summed E-state index contributed by atoms with van der Waals surface area (Å²) in [6, 6.07) is 12.5. The fourth-order valence-electron chi connectivity index (χ4n) is 6.81. The lowest BCUT2D eigenvalue weighted by Crippen LogP contribution is -2.39. The molecular weight excluding hydrogens is 604 g/mol. The molecular formula is C36H40N2O9. The SMILES string of the molecule is Cc1ccc2c(c1)C1C(C2)/C(=C\N(C)C)C(=O)N1C(=O)OC(C)(C)C.Cc1ccc2c(c1)C1CC(=O)/C(=C/O)C1C2.O=C=O.O=C=O. The predicted molar refractivity (Wildman–Crippen MR) is 167 cm³/mol. The summed E-state index contributed by atoms with van der Waals surface area (Å²) >= 11 is 0. The van der Waals surface area contributed by atoms with Crippen LogP contribution in [0.25, 0.3) is 0 Å². The van der Waals surface area contributed by atoms with Crippen LogP contribution in [0.5, 0.6) is 0 Å². The lowest BCUT2D eigenvalue weighted by Gasteiger charge is -2.27. The van der Waals surface area contributed by atoms with Crippen molar-refractivity contribution in [3.8, 4) is 0 Å². The Hall–Kier alpha value is -5.11. The summed E-state index contributed by atoms with van der Waals surface area (Å²) in [5.41, 5.74) is 7.94. The van der Waals surface area contributed by atoms with E-state index >= 15 is 0 Å². The molecule has 1 saturated carbocycles. The van der Waals surface area contributed by atoms with E-state index in [0.29, 0.717) is 23.5 Å². The van der Waals surface area contributed by atoms with Crippen LogP contribution in [0.2, 0.25) is 0 Å². The summed E-state index contributed by atoms with van der Waals surface area (Å²) in [4.78, 5) is 73.1. The van der Waals surface area contributed by atoms with Gasteiger partial charge in [0.15, 0.2) is 5.78 Å². The van der Waals surface area contributed by atoms with Gasteiger partial charge in [-0.15, -0.1) is 0 Å². The zero-order valence-electron chi connectivity index (χ0n) is 27.7. The van der Waals surface area contributed by atoms with Gasteiger partial charge in [0.1, 0.15) is 5.60 Å². The number of nitrogens with zero attached hydrogens (tertiary/aromatic N) is 2. The van der Waals surface area contributed by atoms with E-state index in [9.17, 15) is 14.4 Å². The van der Waals surface area contributed by atoms with E-state index in [-0.39, 0.29) is 41.9 Å². The monoisotopic (exact) mass is 644 g/mol. The van der Waals surface area contributed by atoms with E-state index in [0.717, 1.165) is 30.2 Å². The molecule has 1 saturated heterocycles. The summed E-state index contributed by atoms with van der Waals surface area (Å²) in [6.07, 6.45) is 5.02. The number of carbonyl (C=O) groups excluding carboxylic acids is 7. The third-order valence-corrected chi connectivity index (χ3v) is 8.46. The molecule has 1 aliphatic heterocycles. The highest BCUT2D eigenvalue weighted by molar-refractivity contribution is 6.06. The lowest BCUT2D eigenvalue weighted by molar-refractivity contribution is -0.193. The molecule has 0 bridgehead atoms. The minimum absolute atomic E-state index is 0.0146. The molecule has 11 nitrogen and oxygen atoms in total. The molecule has 248 valence electrons. The average Bonchev–Trinajstić information content (AvgIpc) is 3.67. The number of imide groups is 1. The maximum atomic E-state index is 13.0. The molecule has 47 heavy (non-hydrogen) atoms. The molecule has 4 atom stereocenters. The minimum atomic E-state index is -0.644. The first-order valence-electron chi connectivity index (χ1n) is 15.1. The topological polar surface area (TPSA) is 155 Å². The molecule has 4 aliphatic rings. The lowest BCUT2D eigenvalue weighted by atomic mass is 9.94. The number of allylic oxidation sites excluding steroid dienone is 1. The molecule has 2 amide bonds. The number of Topliss-reactive ketones (excluding diaryl/α,β-unsaturated/α-hetero) is 1. The number of aliphatic hydroxyl groups excluding tert-OH is 1. The van der Waals surface area contributed by atoms with Gasteiger partial charge in [-0.25, -0.2) is 9.69 Å². The summed E-state index contributed by atoms with van der Waals surface area (Å²) in [5, 5.41) is 9.13. The number of fused-ring (bicyclic) bond motifs is 6. The smallest absolute Gasteiger partial charge is 0.417 e. The second kappa shape index (κ2) is 15.0. The molecule has 0 radical (unpaired) electrons. The molecule has 1 heterocycles. The Bertz CT molecular complexity index is 1660. The van der Waals surface area contributed by atoms with Gasteiger partial charge >= 0.3 is 18.4 Å². The highest BCUT2D eigenvalue weighted by Crippen LogP contribution is 2.51. The van der Waals surface area contributed by atoms with E-state index in [1.807, 2.05) is 52.9 Å². The first-order chi connectivity index (χ1) is 22.1. The second-order valence-corrected chi connectivity index (χ2v) is 13.2. The van der Waals surface area contributed by atoms with Crippen LogP contribution in [0.15, 0.2) is 60.0 Å². The first-order valence-corrected chi connectivity index (χ1v) is 15.1. The summed E-state index contributed by atoms with van der Waals surface area (Å²) in [6.45, 7) is 9.54. The summed E-state index contributed by atoms with van der Waals surface area (Å²) in [5.74, 6) is 0.379. The highest BCUT2D eigenvalue weighted by Gasteiger charge is 2.53. The molecule has 2 fully saturated rings. The molecule has 4 unspecified atom stereocenters. The van der Waals surface area contributed by atoms with Crippen molar-refractivity contribution in [3.63, 3.8) is 0 Å². The van der Waals surface area contributed by atoms with Crippen LogP contribution < -0.4 is 0 Å². The maximum absolute atomic E-state index is 13.0. The van der Waals surface area contributed by atoms with Crippen LogP contribution in [-0.2, 0) is 46.3 Å². The Morgan fingerprint density at radius 2 is 1.36 bits per heavy atom. The van der Waals surface area contributed by atoms with Crippen LogP contribution in [-0.4, -0.2) is 64.7 Å². The van der Waals surface area contributed by atoms with E-state index in [1.54, 1.807) is 0 Å². The maximum Gasteiger partial charge on any atom is 0.417 e. The second-order valence-electron chi connectivity index (χ2n) is 13.2. The quantitative estimate of drug-likeness (QED) is 0.334. The predicted octanol–water partition coefficient (Wildman–Crippen LogP) is 4.93. The molecule has 0 aromatic heterocycles. The normalized spacial score (nSPS) is 23.0. The number of likely N-dealkylation sites (tertiary alicyclic amines) is 1. The van der Waals surface area contributed by atoms with Crippen LogP contribution in [0, 0.1) is 25.7 Å². The number of ether oxygens (including phenoxy) is 1. The van der Waals surface area contributed by atoms with Gasteiger partial charge < -0.3 is 14.7 Å². The van der Waals surface area contributed by atoms with E-state index < -0.39 is 11.7 Å². The number of amides is 2. The van der Waals surface area contributed by atoms with Gasteiger partial charge in [-0.1, -0.05) is 47.5 Å². The Labute approximate surface area is 273 Å². The highest BCUT2D eigenvalue weighted by atomic mass is 16.6. The molecule has 11 heteroatoms. The number of aliphatic hydroxyl groups is 1. The van der Waals surface area contributed by atoms with Crippen molar-refractivity contribution in [1.29, 1.82) is 0 Å². The van der Waals surface area contributed by atoms with Crippen molar-refractivity contribution in [2.75, 3.05) is 14.1 Å². The zero-order valence-corrected chi connectivity index (χ0v) is 27.7. The number of rotatable bonds is 1. The van der Waals surface area contributed by atoms with Crippen LogP contribution >= 0.6 is 0 Å². The van der Waals surface area contributed by atoms with Gasteiger partial charge in [-0.3, -0.25) is 9.59 Å². The van der Waals surface area contributed by atoms with E-state index in [4.69, 9.17) is 29.0 Å². The molecule has 0 spiro atoms. The first kappa shape index (κ1) is 36.4.